The maximum absolute atomic E-state index is 13.2. The Kier molecular flexibility index (Phi) is 6.96. The summed E-state index contributed by atoms with van der Waals surface area (Å²) in [5.74, 6) is -0.225. The van der Waals surface area contributed by atoms with Gasteiger partial charge in [-0.3, -0.25) is 9.59 Å². The smallest absolute Gasteiger partial charge is 0.243 e. The highest BCUT2D eigenvalue weighted by molar-refractivity contribution is 7.89. The van der Waals surface area contributed by atoms with E-state index in [1.807, 2.05) is 0 Å². The number of carbonyl (C=O) groups is 2. The van der Waals surface area contributed by atoms with Crippen LogP contribution < -0.4 is 10.2 Å². The van der Waals surface area contributed by atoms with Gasteiger partial charge in [0.25, 0.3) is 0 Å². The van der Waals surface area contributed by atoms with Gasteiger partial charge < -0.3 is 10.2 Å². The number of anilines is 1. The van der Waals surface area contributed by atoms with Crippen LogP contribution >= 0.6 is 0 Å². The Labute approximate surface area is 185 Å². The number of carbonyl (C=O) groups excluding carboxylic acids is 2. The van der Waals surface area contributed by atoms with Crippen LogP contribution in [-0.2, 0) is 19.6 Å². The molecule has 1 saturated carbocycles. The molecule has 3 fully saturated rings. The van der Waals surface area contributed by atoms with Gasteiger partial charge in [-0.05, 0) is 56.4 Å². The first-order valence-electron chi connectivity index (χ1n) is 11.7. The van der Waals surface area contributed by atoms with Gasteiger partial charge in [0, 0.05) is 37.8 Å². The summed E-state index contributed by atoms with van der Waals surface area (Å²) in [6, 6.07) is 6.78. The summed E-state index contributed by atoms with van der Waals surface area (Å²) in [5.41, 5.74) is 0.737. The molecule has 31 heavy (non-hydrogen) atoms. The molecule has 0 bridgehead atoms. The highest BCUT2D eigenvalue weighted by Crippen LogP contribution is 2.27. The van der Waals surface area contributed by atoms with Crippen LogP contribution in [0.3, 0.4) is 0 Å². The molecule has 1 N–H and O–H groups in total. The highest BCUT2D eigenvalue weighted by Gasteiger charge is 2.34. The van der Waals surface area contributed by atoms with E-state index >= 15 is 0 Å². The van der Waals surface area contributed by atoms with E-state index in [9.17, 15) is 18.0 Å². The normalized spacial score (nSPS) is 24.2. The topological polar surface area (TPSA) is 86.8 Å². The van der Waals surface area contributed by atoms with Crippen molar-refractivity contribution in [3.05, 3.63) is 24.3 Å². The summed E-state index contributed by atoms with van der Waals surface area (Å²) in [5, 5.41) is 3.19. The molecule has 3 aliphatic rings. The number of nitrogens with one attached hydrogen (secondary N) is 1. The van der Waals surface area contributed by atoms with Crippen LogP contribution in [0.1, 0.15) is 64.2 Å². The summed E-state index contributed by atoms with van der Waals surface area (Å²) >= 11 is 0. The Bertz CT molecular complexity index is 892. The minimum Gasteiger partial charge on any atom is -0.353 e. The zero-order valence-electron chi connectivity index (χ0n) is 18.1. The quantitative estimate of drug-likeness (QED) is 0.703. The molecule has 1 aromatic rings. The number of sulfonamides is 1. The maximum atomic E-state index is 13.2. The first-order chi connectivity index (χ1) is 14.9. The van der Waals surface area contributed by atoms with Crippen molar-refractivity contribution in [2.75, 3.05) is 24.5 Å². The van der Waals surface area contributed by atoms with Crippen LogP contribution in [0.4, 0.5) is 5.69 Å². The van der Waals surface area contributed by atoms with Gasteiger partial charge in [0.2, 0.25) is 21.8 Å². The first-order valence-corrected chi connectivity index (χ1v) is 13.1. The molecule has 8 heteroatoms. The van der Waals surface area contributed by atoms with Crippen LogP contribution in [-0.4, -0.2) is 50.2 Å². The van der Waals surface area contributed by atoms with Crippen molar-refractivity contribution >= 4 is 27.5 Å². The summed E-state index contributed by atoms with van der Waals surface area (Å²) in [4.78, 5) is 26.7. The van der Waals surface area contributed by atoms with E-state index in [2.05, 4.69) is 5.32 Å². The zero-order chi connectivity index (χ0) is 21.8. The van der Waals surface area contributed by atoms with Crippen molar-refractivity contribution < 1.29 is 18.0 Å². The van der Waals surface area contributed by atoms with Crippen molar-refractivity contribution in [3.63, 3.8) is 0 Å². The van der Waals surface area contributed by atoms with Crippen molar-refractivity contribution in [1.82, 2.24) is 9.62 Å². The van der Waals surface area contributed by atoms with Gasteiger partial charge in [0.05, 0.1) is 10.8 Å². The second-order valence-corrected chi connectivity index (χ2v) is 11.0. The molecule has 2 saturated heterocycles. The molecule has 1 aromatic carbocycles. The first kappa shape index (κ1) is 22.3. The Balaban J connectivity index is 1.40. The number of nitrogens with zero attached hydrogens (tertiary/aromatic N) is 2. The van der Waals surface area contributed by atoms with Gasteiger partial charge in [-0.25, -0.2) is 8.42 Å². The molecule has 0 aromatic heterocycles. The SMILES string of the molecule is O=C(NC1CCCCCC1)C1CCCN(S(=O)(=O)c2ccc(N3CCCC3=O)cc2)C1. The molecule has 0 spiro atoms. The van der Waals surface area contributed by atoms with E-state index in [-0.39, 0.29) is 35.2 Å². The Hall–Kier alpha value is -1.93. The lowest BCUT2D eigenvalue weighted by molar-refractivity contribution is -0.126. The van der Waals surface area contributed by atoms with Crippen LogP contribution in [0.5, 0.6) is 0 Å². The van der Waals surface area contributed by atoms with Gasteiger partial charge in [0.1, 0.15) is 0 Å². The number of amides is 2. The third kappa shape index (κ3) is 5.12. The van der Waals surface area contributed by atoms with Gasteiger partial charge in [-0.1, -0.05) is 25.7 Å². The monoisotopic (exact) mass is 447 g/mol. The number of benzene rings is 1. The standard InChI is InChI=1S/C23H33N3O4S/c27-22-10-6-16-26(22)20-11-13-21(14-12-20)31(29,30)25-15-5-7-18(17-25)23(28)24-19-8-3-1-2-4-9-19/h11-14,18-19H,1-10,15-17H2,(H,24,28). The predicted molar refractivity (Wildman–Crippen MR) is 119 cm³/mol. The van der Waals surface area contributed by atoms with Crippen molar-refractivity contribution in [2.45, 2.75) is 75.1 Å². The fraction of sp³-hybridized carbons (Fsp3) is 0.652. The summed E-state index contributed by atoms with van der Waals surface area (Å²) in [6.07, 6.45) is 9.57. The van der Waals surface area contributed by atoms with Gasteiger partial charge in [-0.15, -0.1) is 0 Å². The van der Waals surface area contributed by atoms with Crippen molar-refractivity contribution in [3.8, 4) is 0 Å². The molecule has 7 nitrogen and oxygen atoms in total. The van der Waals surface area contributed by atoms with Crippen LogP contribution in [0.2, 0.25) is 0 Å². The van der Waals surface area contributed by atoms with E-state index < -0.39 is 10.0 Å². The molecular formula is C23H33N3O4S. The number of piperidine rings is 1. The second-order valence-electron chi connectivity index (χ2n) is 9.04. The van der Waals surface area contributed by atoms with Crippen LogP contribution in [0.15, 0.2) is 29.2 Å². The molecule has 2 aliphatic heterocycles. The van der Waals surface area contributed by atoms with E-state index in [1.165, 1.54) is 17.1 Å². The van der Waals surface area contributed by atoms with Crippen molar-refractivity contribution in [1.29, 1.82) is 0 Å². The molecule has 1 aliphatic carbocycles. The lowest BCUT2D eigenvalue weighted by Gasteiger charge is -2.32. The Morgan fingerprint density at radius 3 is 2.26 bits per heavy atom. The van der Waals surface area contributed by atoms with Gasteiger partial charge in [0.15, 0.2) is 0 Å². The lowest BCUT2D eigenvalue weighted by atomic mass is 9.97. The molecule has 4 rings (SSSR count). The van der Waals surface area contributed by atoms with Gasteiger partial charge >= 0.3 is 0 Å². The largest absolute Gasteiger partial charge is 0.353 e. The number of hydrogen-bond donors (Lipinski definition) is 1. The second kappa shape index (κ2) is 9.69. The van der Waals surface area contributed by atoms with Crippen LogP contribution in [0, 0.1) is 5.92 Å². The molecule has 0 radical (unpaired) electrons. The molecule has 2 amide bonds. The fourth-order valence-corrected chi connectivity index (χ4v) is 6.51. The minimum absolute atomic E-state index is 0.00491. The van der Waals surface area contributed by atoms with E-state index in [0.29, 0.717) is 25.9 Å². The average molecular weight is 448 g/mol. The minimum atomic E-state index is -3.67. The van der Waals surface area contributed by atoms with E-state index in [1.54, 1.807) is 29.2 Å². The fourth-order valence-electron chi connectivity index (χ4n) is 4.99. The Morgan fingerprint density at radius 2 is 1.61 bits per heavy atom. The molecule has 1 atom stereocenters. The zero-order valence-corrected chi connectivity index (χ0v) is 18.9. The summed E-state index contributed by atoms with van der Waals surface area (Å²) in [7, 11) is -3.67. The molecule has 2 heterocycles. The van der Waals surface area contributed by atoms with Crippen LogP contribution in [0.25, 0.3) is 0 Å². The number of rotatable bonds is 5. The molecule has 170 valence electrons. The van der Waals surface area contributed by atoms with Gasteiger partial charge in [-0.2, -0.15) is 4.31 Å². The number of hydrogen-bond acceptors (Lipinski definition) is 4. The highest BCUT2D eigenvalue weighted by atomic mass is 32.2. The van der Waals surface area contributed by atoms with E-state index in [0.717, 1.165) is 44.2 Å². The Morgan fingerprint density at radius 1 is 0.903 bits per heavy atom. The average Bonchev–Trinajstić information content (AvgIpc) is 3.04. The summed E-state index contributed by atoms with van der Waals surface area (Å²) in [6.45, 7) is 1.34. The maximum Gasteiger partial charge on any atom is 0.243 e. The molecular weight excluding hydrogens is 414 g/mol. The lowest BCUT2D eigenvalue weighted by Crippen LogP contribution is -2.47. The third-order valence-corrected chi connectivity index (χ3v) is 8.70. The predicted octanol–water partition coefficient (Wildman–Crippen LogP) is 3.05. The van der Waals surface area contributed by atoms with Crippen molar-refractivity contribution in [2.24, 2.45) is 5.92 Å². The molecule has 1 unspecified atom stereocenters. The summed E-state index contributed by atoms with van der Waals surface area (Å²) < 4.78 is 27.9. The van der Waals surface area contributed by atoms with E-state index in [4.69, 9.17) is 0 Å². The third-order valence-electron chi connectivity index (χ3n) is 6.82.